The molecule has 0 spiro atoms. The van der Waals surface area contributed by atoms with Crippen LogP contribution in [0.1, 0.15) is 58.1 Å². The van der Waals surface area contributed by atoms with Gasteiger partial charge in [-0.15, -0.1) is 0 Å². The second-order valence-electron chi connectivity index (χ2n) is 9.90. The number of anilines is 2. The molecule has 1 saturated carbocycles. The molecular formula is C25H33N7O3S. The largest absolute Gasteiger partial charge is 0.309 e. The van der Waals surface area contributed by atoms with Crippen LogP contribution in [-0.2, 0) is 16.4 Å². The lowest BCUT2D eigenvalue weighted by atomic mass is 10.1. The normalized spacial score (nSPS) is 21.8. The van der Waals surface area contributed by atoms with Crippen molar-refractivity contribution in [3.05, 3.63) is 46.5 Å². The molecular weight excluding hydrogens is 478 g/mol. The van der Waals surface area contributed by atoms with Crippen molar-refractivity contribution in [3.8, 4) is 0 Å². The van der Waals surface area contributed by atoms with Gasteiger partial charge in [-0.25, -0.2) is 18.4 Å². The molecule has 10 nitrogen and oxygen atoms in total. The number of aromatic nitrogens is 4. The van der Waals surface area contributed by atoms with Crippen molar-refractivity contribution < 1.29 is 8.42 Å². The second kappa shape index (κ2) is 9.87. The number of piperazine rings is 1. The highest BCUT2D eigenvalue weighted by atomic mass is 32.2. The summed E-state index contributed by atoms with van der Waals surface area (Å²) >= 11 is 0. The monoisotopic (exact) mass is 511 g/mol. The fraction of sp³-hybridized carbons (Fsp3) is 0.520. The van der Waals surface area contributed by atoms with Crippen molar-refractivity contribution >= 4 is 32.8 Å². The van der Waals surface area contributed by atoms with Gasteiger partial charge in [-0.1, -0.05) is 19.8 Å². The zero-order chi connectivity index (χ0) is 25.4. The van der Waals surface area contributed by atoms with Crippen LogP contribution in [0.25, 0.3) is 11.0 Å². The summed E-state index contributed by atoms with van der Waals surface area (Å²) in [4.78, 5) is 26.7. The van der Waals surface area contributed by atoms with Crippen molar-refractivity contribution in [2.75, 3.05) is 18.4 Å². The quantitative estimate of drug-likeness (QED) is 0.518. The first-order valence-corrected chi connectivity index (χ1v) is 14.1. The fourth-order valence-corrected chi connectivity index (χ4v) is 6.90. The molecule has 0 amide bonds. The van der Waals surface area contributed by atoms with E-state index < -0.39 is 10.0 Å². The summed E-state index contributed by atoms with van der Waals surface area (Å²) in [5, 5.41) is 7.24. The Morgan fingerprint density at radius 2 is 1.81 bits per heavy atom. The Labute approximate surface area is 211 Å². The van der Waals surface area contributed by atoms with E-state index in [4.69, 9.17) is 0 Å². The van der Waals surface area contributed by atoms with E-state index in [1.54, 1.807) is 18.3 Å². The summed E-state index contributed by atoms with van der Waals surface area (Å²) < 4.78 is 29.6. The van der Waals surface area contributed by atoms with Crippen LogP contribution in [0.2, 0.25) is 0 Å². The third kappa shape index (κ3) is 4.74. The van der Waals surface area contributed by atoms with Crippen molar-refractivity contribution in [1.29, 1.82) is 0 Å². The van der Waals surface area contributed by atoms with Crippen LogP contribution >= 0.6 is 0 Å². The first-order chi connectivity index (χ1) is 17.3. The zero-order valence-electron chi connectivity index (χ0n) is 20.9. The molecule has 4 heterocycles. The van der Waals surface area contributed by atoms with E-state index in [0.29, 0.717) is 36.9 Å². The molecule has 1 aliphatic heterocycles. The number of rotatable bonds is 6. The van der Waals surface area contributed by atoms with E-state index >= 15 is 0 Å². The van der Waals surface area contributed by atoms with Gasteiger partial charge in [-0.05, 0) is 51.3 Å². The zero-order valence-corrected chi connectivity index (χ0v) is 21.8. The number of aryl methyl sites for hydroxylation is 1. The molecule has 0 radical (unpaired) electrons. The average molecular weight is 512 g/mol. The lowest BCUT2D eigenvalue weighted by Crippen LogP contribution is -2.55. The third-order valence-electron chi connectivity index (χ3n) is 7.06. The van der Waals surface area contributed by atoms with Gasteiger partial charge in [0, 0.05) is 54.6 Å². The molecule has 2 unspecified atom stereocenters. The molecule has 2 atom stereocenters. The van der Waals surface area contributed by atoms with Crippen LogP contribution in [-0.4, -0.2) is 57.4 Å². The van der Waals surface area contributed by atoms with E-state index in [-0.39, 0.29) is 28.6 Å². The van der Waals surface area contributed by atoms with Crippen LogP contribution in [0.15, 0.2) is 40.3 Å². The van der Waals surface area contributed by atoms with Crippen LogP contribution in [0.3, 0.4) is 0 Å². The highest BCUT2D eigenvalue weighted by molar-refractivity contribution is 7.89. The predicted molar refractivity (Wildman–Crippen MR) is 139 cm³/mol. The summed E-state index contributed by atoms with van der Waals surface area (Å²) in [7, 11) is -3.64. The molecule has 2 N–H and O–H groups in total. The van der Waals surface area contributed by atoms with E-state index in [9.17, 15) is 13.2 Å². The molecule has 2 fully saturated rings. The van der Waals surface area contributed by atoms with Crippen molar-refractivity contribution in [1.82, 2.24) is 29.1 Å². The van der Waals surface area contributed by atoms with E-state index in [1.807, 2.05) is 31.4 Å². The van der Waals surface area contributed by atoms with Gasteiger partial charge in [0.2, 0.25) is 16.0 Å². The molecule has 36 heavy (non-hydrogen) atoms. The molecule has 5 rings (SSSR count). The maximum Gasteiger partial charge on any atom is 0.255 e. The molecule has 192 valence electrons. The lowest BCUT2D eigenvalue weighted by molar-refractivity contribution is 0.263. The standard InChI is InChI=1S/C25H33N7O3S/c1-4-18-11-19-12-27-25(30-23(19)32(24(18)33)20-7-5-6-8-20)29-22-10-9-21(13-26-22)36(34,35)31-14-16(2)28-17(3)15-31/h9-13,16-17,20,28H,4-8,14-15H2,1-3H3,(H,26,27,29,30). The number of nitrogens with one attached hydrogen (secondary N) is 2. The van der Waals surface area contributed by atoms with E-state index in [1.165, 1.54) is 10.5 Å². The number of fused-ring (bicyclic) bond motifs is 1. The number of sulfonamides is 1. The van der Waals surface area contributed by atoms with Gasteiger partial charge in [0.1, 0.15) is 16.4 Å². The summed E-state index contributed by atoms with van der Waals surface area (Å²) in [5.41, 5.74) is 1.40. The van der Waals surface area contributed by atoms with Crippen LogP contribution in [0, 0.1) is 0 Å². The van der Waals surface area contributed by atoms with Gasteiger partial charge in [0.05, 0.1) is 0 Å². The molecule has 11 heteroatoms. The molecule has 1 saturated heterocycles. The topological polar surface area (TPSA) is 122 Å². The van der Waals surface area contributed by atoms with Gasteiger partial charge < -0.3 is 10.6 Å². The first-order valence-electron chi connectivity index (χ1n) is 12.7. The number of nitrogens with zero attached hydrogens (tertiary/aromatic N) is 5. The van der Waals surface area contributed by atoms with Gasteiger partial charge in [0.15, 0.2) is 0 Å². The minimum Gasteiger partial charge on any atom is -0.309 e. The predicted octanol–water partition coefficient (Wildman–Crippen LogP) is 2.98. The third-order valence-corrected chi connectivity index (χ3v) is 8.87. The maximum absolute atomic E-state index is 13.2. The minimum absolute atomic E-state index is 0.0192. The van der Waals surface area contributed by atoms with Gasteiger partial charge in [-0.3, -0.25) is 9.36 Å². The van der Waals surface area contributed by atoms with E-state index in [2.05, 4.69) is 25.6 Å². The van der Waals surface area contributed by atoms with Crippen molar-refractivity contribution in [2.45, 2.75) is 75.9 Å². The van der Waals surface area contributed by atoms with Crippen molar-refractivity contribution in [2.24, 2.45) is 0 Å². The Balaban J connectivity index is 1.42. The van der Waals surface area contributed by atoms with Gasteiger partial charge in [-0.2, -0.15) is 9.29 Å². The minimum atomic E-state index is -3.64. The summed E-state index contributed by atoms with van der Waals surface area (Å²) in [5.74, 6) is 0.737. The molecule has 3 aromatic heterocycles. The SMILES string of the molecule is CCc1cc2cnc(Nc3ccc(S(=O)(=O)N4CC(C)NC(C)C4)cn3)nc2n(C2CCCC2)c1=O. The Bertz CT molecular complexity index is 1410. The summed E-state index contributed by atoms with van der Waals surface area (Å²) in [6, 6.07) is 5.34. The first kappa shape index (κ1) is 24.8. The van der Waals surface area contributed by atoms with Crippen LogP contribution in [0.4, 0.5) is 11.8 Å². The van der Waals surface area contributed by atoms with Gasteiger partial charge >= 0.3 is 0 Å². The Morgan fingerprint density at radius 3 is 2.44 bits per heavy atom. The second-order valence-corrected chi connectivity index (χ2v) is 11.8. The molecule has 3 aromatic rings. The number of hydrogen-bond acceptors (Lipinski definition) is 8. The summed E-state index contributed by atoms with van der Waals surface area (Å²) in [6.07, 6.45) is 7.89. The Hall–Kier alpha value is -2.89. The highest BCUT2D eigenvalue weighted by Crippen LogP contribution is 2.31. The van der Waals surface area contributed by atoms with Gasteiger partial charge in [0.25, 0.3) is 5.56 Å². The number of pyridine rings is 2. The highest BCUT2D eigenvalue weighted by Gasteiger charge is 2.31. The number of hydrogen-bond donors (Lipinski definition) is 2. The molecule has 0 bridgehead atoms. The fourth-order valence-electron chi connectivity index (χ4n) is 5.34. The molecule has 2 aliphatic rings. The van der Waals surface area contributed by atoms with Crippen LogP contribution in [0.5, 0.6) is 0 Å². The summed E-state index contributed by atoms with van der Waals surface area (Å²) in [6.45, 7) is 6.77. The van der Waals surface area contributed by atoms with E-state index in [0.717, 1.165) is 36.6 Å². The average Bonchev–Trinajstić information content (AvgIpc) is 3.38. The van der Waals surface area contributed by atoms with Crippen LogP contribution < -0.4 is 16.2 Å². The maximum atomic E-state index is 13.2. The Kier molecular flexibility index (Phi) is 6.80. The smallest absolute Gasteiger partial charge is 0.255 e. The molecule has 1 aliphatic carbocycles. The molecule has 0 aromatic carbocycles. The lowest BCUT2D eigenvalue weighted by Gasteiger charge is -2.35. The Morgan fingerprint density at radius 1 is 1.08 bits per heavy atom. The van der Waals surface area contributed by atoms with Crippen molar-refractivity contribution in [3.63, 3.8) is 0 Å².